The highest BCUT2D eigenvalue weighted by atomic mass is 19.1. The van der Waals surface area contributed by atoms with E-state index in [-0.39, 0.29) is 5.82 Å². The molecule has 1 atom stereocenters. The zero-order valence-electron chi connectivity index (χ0n) is 7.51. The van der Waals surface area contributed by atoms with Gasteiger partial charge in [0, 0.05) is 18.2 Å². The van der Waals surface area contributed by atoms with Crippen molar-refractivity contribution in [1.29, 1.82) is 0 Å². The molecule has 0 spiro atoms. The smallest absolute Gasteiger partial charge is 0.124 e. The molecule has 70 valence electrons. The van der Waals surface area contributed by atoms with E-state index in [0.717, 1.165) is 11.3 Å². The van der Waals surface area contributed by atoms with Crippen LogP contribution in [0, 0.1) is 5.82 Å². The summed E-state index contributed by atoms with van der Waals surface area (Å²) >= 11 is 0. The second-order valence-electron chi connectivity index (χ2n) is 3.34. The third kappa shape index (κ3) is 1.80. The highest BCUT2D eigenvalue weighted by Crippen LogP contribution is 2.21. The quantitative estimate of drug-likeness (QED) is 0.657. The number of halogens is 1. The lowest BCUT2D eigenvalue weighted by Crippen LogP contribution is -2.28. The van der Waals surface area contributed by atoms with Crippen LogP contribution in [0.25, 0.3) is 0 Å². The molecule has 0 bridgehead atoms. The Morgan fingerprint density at radius 2 is 2.38 bits per heavy atom. The van der Waals surface area contributed by atoms with Gasteiger partial charge in [-0.3, -0.25) is 0 Å². The number of rotatable bonds is 0. The molecule has 1 N–H and O–H groups in total. The summed E-state index contributed by atoms with van der Waals surface area (Å²) in [4.78, 5) is 0. The van der Waals surface area contributed by atoms with Gasteiger partial charge in [0.25, 0.3) is 0 Å². The first-order valence-electron chi connectivity index (χ1n) is 4.40. The Hall–Kier alpha value is -1.09. The van der Waals surface area contributed by atoms with Crippen molar-refractivity contribution in [2.45, 2.75) is 19.5 Å². The summed E-state index contributed by atoms with van der Waals surface area (Å²) in [6, 6.07) is 4.94. The van der Waals surface area contributed by atoms with Gasteiger partial charge < -0.3 is 10.1 Å². The van der Waals surface area contributed by atoms with Crippen LogP contribution in [0.4, 0.5) is 4.39 Å². The molecule has 1 aromatic carbocycles. The Kier molecular flexibility index (Phi) is 2.19. The highest BCUT2D eigenvalue weighted by Gasteiger charge is 2.12. The lowest BCUT2D eigenvalue weighted by atomic mass is 10.2. The average molecular weight is 181 g/mol. The molecule has 2 rings (SSSR count). The molecule has 1 unspecified atom stereocenters. The van der Waals surface area contributed by atoms with Gasteiger partial charge in [0.2, 0.25) is 0 Å². The monoisotopic (exact) mass is 181 g/mol. The number of ether oxygens (including phenoxy) is 1. The van der Waals surface area contributed by atoms with Crippen LogP contribution in [0.3, 0.4) is 0 Å². The average Bonchev–Trinajstić information content (AvgIpc) is 2.29. The van der Waals surface area contributed by atoms with Gasteiger partial charge in [-0.25, -0.2) is 4.39 Å². The van der Waals surface area contributed by atoms with E-state index in [9.17, 15) is 4.39 Å². The van der Waals surface area contributed by atoms with E-state index in [1.807, 2.05) is 6.92 Å². The minimum Gasteiger partial charge on any atom is -0.492 e. The van der Waals surface area contributed by atoms with Gasteiger partial charge >= 0.3 is 0 Å². The van der Waals surface area contributed by atoms with Crippen LogP contribution >= 0.6 is 0 Å². The van der Waals surface area contributed by atoms with E-state index in [1.54, 1.807) is 6.07 Å². The predicted octanol–water partition coefficient (Wildman–Crippen LogP) is 1.70. The highest BCUT2D eigenvalue weighted by molar-refractivity contribution is 5.34. The molecule has 0 aromatic heterocycles. The molecule has 0 radical (unpaired) electrons. The maximum atomic E-state index is 12.8. The third-order valence-corrected chi connectivity index (χ3v) is 2.15. The summed E-state index contributed by atoms with van der Waals surface area (Å²) in [5.41, 5.74) is 0.893. The van der Waals surface area contributed by atoms with E-state index in [4.69, 9.17) is 4.74 Å². The van der Waals surface area contributed by atoms with Gasteiger partial charge in [-0.15, -0.1) is 0 Å². The van der Waals surface area contributed by atoms with Crippen molar-refractivity contribution in [3.8, 4) is 5.75 Å². The molecule has 0 saturated heterocycles. The SMILES string of the molecule is CC1COc2ccc(F)cc2CN1. The largest absolute Gasteiger partial charge is 0.492 e. The topological polar surface area (TPSA) is 21.3 Å². The van der Waals surface area contributed by atoms with Crippen LogP contribution < -0.4 is 10.1 Å². The molecule has 1 heterocycles. The van der Waals surface area contributed by atoms with Crippen molar-refractivity contribution in [2.75, 3.05) is 6.61 Å². The normalized spacial score (nSPS) is 21.5. The van der Waals surface area contributed by atoms with E-state index in [0.29, 0.717) is 19.2 Å². The molecular weight excluding hydrogens is 169 g/mol. The van der Waals surface area contributed by atoms with Crippen molar-refractivity contribution < 1.29 is 9.13 Å². The molecule has 2 nitrogen and oxygen atoms in total. The van der Waals surface area contributed by atoms with Crippen LogP contribution in [-0.2, 0) is 6.54 Å². The molecule has 1 aliphatic rings. The van der Waals surface area contributed by atoms with Crippen LogP contribution in [0.2, 0.25) is 0 Å². The zero-order valence-corrected chi connectivity index (χ0v) is 7.51. The Morgan fingerprint density at radius 3 is 3.23 bits per heavy atom. The zero-order chi connectivity index (χ0) is 9.26. The number of fused-ring (bicyclic) bond motifs is 1. The summed E-state index contributed by atoms with van der Waals surface area (Å²) in [6.45, 7) is 3.36. The van der Waals surface area contributed by atoms with E-state index < -0.39 is 0 Å². The van der Waals surface area contributed by atoms with E-state index in [2.05, 4.69) is 5.32 Å². The van der Waals surface area contributed by atoms with Crippen LogP contribution in [0.15, 0.2) is 18.2 Å². The van der Waals surface area contributed by atoms with Crippen molar-refractivity contribution in [3.63, 3.8) is 0 Å². The minimum atomic E-state index is -0.210. The van der Waals surface area contributed by atoms with Gasteiger partial charge in [0.05, 0.1) is 0 Å². The first-order chi connectivity index (χ1) is 6.25. The fourth-order valence-electron chi connectivity index (χ4n) is 1.38. The Labute approximate surface area is 76.7 Å². The number of nitrogens with one attached hydrogen (secondary N) is 1. The lowest BCUT2D eigenvalue weighted by Gasteiger charge is -2.07. The first kappa shape index (κ1) is 8.51. The molecule has 1 aliphatic heterocycles. The van der Waals surface area contributed by atoms with Crippen molar-refractivity contribution in [2.24, 2.45) is 0 Å². The summed E-state index contributed by atoms with van der Waals surface area (Å²) in [7, 11) is 0. The van der Waals surface area contributed by atoms with Gasteiger partial charge in [-0.2, -0.15) is 0 Å². The minimum absolute atomic E-state index is 0.210. The predicted molar refractivity (Wildman–Crippen MR) is 48.2 cm³/mol. The van der Waals surface area contributed by atoms with Crippen molar-refractivity contribution in [3.05, 3.63) is 29.6 Å². The molecule has 0 aliphatic carbocycles. The van der Waals surface area contributed by atoms with Gasteiger partial charge in [0.15, 0.2) is 0 Å². The second kappa shape index (κ2) is 3.34. The van der Waals surface area contributed by atoms with E-state index in [1.165, 1.54) is 12.1 Å². The third-order valence-electron chi connectivity index (χ3n) is 2.15. The summed E-state index contributed by atoms with van der Waals surface area (Å²) in [5.74, 6) is 0.581. The Morgan fingerprint density at radius 1 is 1.54 bits per heavy atom. The standard InChI is InChI=1S/C10H12FNO/c1-7-6-13-10-3-2-9(11)4-8(10)5-12-7/h2-4,7,12H,5-6H2,1H3. The van der Waals surface area contributed by atoms with Gasteiger partial charge in [-0.05, 0) is 25.1 Å². The molecule has 0 fully saturated rings. The summed E-state index contributed by atoms with van der Waals surface area (Å²) in [6.07, 6.45) is 0. The maximum Gasteiger partial charge on any atom is 0.124 e. The van der Waals surface area contributed by atoms with Crippen molar-refractivity contribution >= 4 is 0 Å². The molecule has 0 amide bonds. The maximum absolute atomic E-state index is 12.8. The van der Waals surface area contributed by atoms with Gasteiger partial charge in [0.1, 0.15) is 18.2 Å². The summed E-state index contributed by atoms with van der Waals surface area (Å²) in [5, 5.41) is 3.24. The molecule has 1 aromatic rings. The molecular formula is C10H12FNO. The fraction of sp³-hybridized carbons (Fsp3) is 0.400. The molecule has 0 saturated carbocycles. The van der Waals surface area contributed by atoms with Crippen LogP contribution in [0.1, 0.15) is 12.5 Å². The number of hydrogen-bond donors (Lipinski definition) is 1. The van der Waals surface area contributed by atoms with Crippen LogP contribution in [-0.4, -0.2) is 12.6 Å². The lowest BCUT2D eigenvalue weighted by molar-refractivity contribution is 0.287. The second-order valence-corrected chi connectivity index (χ2v) is 3.34. The molecule has 13 heavy (non-hydrogen) atoms. The number of benzene rings is 1. The molecule has 3 heteroatoms. The van der Waals surface area contributed by atoms with Crippen molar-refractivity contribution in [1.82, 2.24) is 5.32 Å². The summed E-state index contributed by atoms with van der Waals surface area (Å²) < 4.78 is 18.3. The Bertz CT molecular complexity index is 314. The Balaban J connectivity index is 2.30. The number of hydrogen-bond acceptors (Lipinski definition) is 2. The first-order valence-corrected chi connectivity index (χ1v) is 4.40. The van der Waals surface area contributed by atoms with E-state index >= 15 is 0 Å². The van der Waals surface area contributed by atoms with Crippen LogP contribution in [0.5, 0.6) is 5.75 Å². The fourth-order valence-corrected chi connectivity index (χ4v) is 1.38. The van der Waals surface area contributed by atoms with Gasteiger partial charge in [-0.1, -0.05) is 0 Å².